The quantitative estimate of drug-likeness (QED) is 0.853. The van der Waals surface area contributed by atoms with E-state index in [-0.39, 0.29) is 5.41 Å². The number of anilines is 1. The maximum Gasteiger partial charge on any atom is 0.136 e. The number of aromatic nitrogens is 2. The Hall–Kier alpha value is -1.42. The molecule has 0 unspecified atom stereocenters. The minimum atomic E-state index is -0.0894. The van der Waals surface area contributed by atoms with Gasteiger partial charge in [0.25, 0.3) is 0 Å². The van der Waals surface area contributed by atoms with Gasteiger partial charge >= 0.3 is 0 Å². The Kier molecular flexibility index (Phi) is 4.67. The molecule has 0 amide bonds. The van der Waals surface area contributed by atoms with Crippen molar-refractivity contribution < 1.29 is 0 Å². The standard InChI is InChI=1S/C17H22BrN3/c1-6-19-15-11(2)14(12-9-7-8-10-13(12)18)20-16(21-15)17(3,4)5/h7-10H,6H2,1-5H3,(H,19,20,21). The third-order valence-electron chi connectivity index (χ3n) is 3.29. The number of benzene rings is 1. The number of hydrogen-bond acceptors (Lipinski definition) is 3. The highest BCUT2D eigenvalue weighted by molar-refractivity contribution is 9.10. The predicted molar refractivity (Wildman–Crippen MR) is 92.8 cm³/mol. The van der Waals surface area contributed by atoms with Gasteiger partial charge in [-0.05, 0) is 19.9 Å². The van der Waals surface area contributed by atoms with Gasteiger partial charge in [-0.1, -0.05) is 54.9 Å². The second-order valence-corrected chi connectivity index (χ2v) is 6.98. The molecule has 0 spiro atoms. The zero-order valence-corrected chi connectivity index (χ0v) is 14.9. The second-order valence-electron chi connectivity index (χ2n) is 6.13. The summed E-state index contributed by atoms with van der Waals surface area (Å²) in [6, 6.07) is 8.17. The van der Waals surface area contributed by atoms with Crippen molar-refractivity contribution in [1.29, 1.82) is 0 Å². The van der Waals surface area contributed by atoms with E-state index in [1.165, 1.54) is 0 Å². The van der Waals surface area contributed by atoms with Crippen molar-refractivity contribution >= 4 is 21.7 Å². The van der Waals surface area contributed by atoms with Gasteiger partial charge in [0.15, 0.2) is 0 Å². The molecule has 1 N–H and O–H groups in total. The molecule has 1 aromatic heterocycles. The van der Waals surface area contributed by atoms with Crippen molar-refractivity contribution in [2.75, 3.05) is 11.9 Å². The van der Waals surface area contributed by atoms with Crippen LogP contribution in [0, 0.1) is 6.92 Å². The first-order valence-electron chi connectivity index (χ1n) is 7.22. The minimum Gasteiger partial charge on any atom is -0.370 e. The summed E-state index contributed by atoms with van der Waals surface area (Å²) in [7, 11) is 0. The highest BCUT2D eigenvalue weighted by atomic mass is 79.9. The first-order valence-corrected chi connectivity index (χ1v) is 8.01. The number of halogens is 1. The van der Waals surface area contributed by atoms with Crippen LogP contribution in [0.3, 0.4) is 0 Å². The third kappa shape index (κ3) is 3.43. The van der Waals surface area contributed by atoms with E-state index in [4.69, 9.17) is 9.97 Å². The Morgan fingerprint density at radius 3 is 2.38 bits per heavy atom. The molecule has 112 valence electrons. The zero-order valence-electron chi connectivity index (χ0n) is 13.3. The van der Waals surface area contributed by atoms with Crippen LogP contribution in [0.4, 0.5) is 5.82 Å². The van der Waals surface area contributed by atoms with Crippen LogP contribution in [0.15, 0.2) is 28.7 Å². The molecule has 3 nitrogen and oxygen atoms in total. The zero-order chi connectivity index (χ0) is 15.6. The fourth-order valence-electron chi connectivity index (χ4n) is 2.11. The maximum absolute atomic E-state index is 4.84. The molecular formula is C17H22BrN3. The lowest BCUT2D eigenvalue weighted by Crippen LogP contribution is -2.19. The van der Waals surface area contributed by atoms with Gasteiger partial charge in [0.2, 0.25) is 0 Å². The summed E-state index contributed by atoms with van der Waals surface area (Å²) in [5, 5.41) is 3.35. The van der Waals surface area contributed by atoms with Crippen LogP contribution >= 0.6 is 15.9 Å². The largest absolute Gasteiger partial charge is 0.370 e. The van der Waals surface area contributed by atoms with Crippen LogP contribution in [-0.4, -0.2) is 16.5 Å². The molecule has 1 heterocycles. The van der Waals surface area contributed by atoms with E-state index in [0.29, 0.717) is 0 Å². The lowest BCUT2D eigenvalue weighted by molar-refractivity contribution is 0.546. The highest BCUT2D eigenvalue weighted by Crippen LogP contribution is 2.33. The van der Waals surface area contributed by atoms with Crippen molar-refractivity contribution in [2.24, 2.45) is 0 Å². The molecule has 0 fully saturated rings. The van der Waals surface area contributed by atoms with E-state index in [1.54, 1.807) is 0 Å². The normalized spacial score (nSPS) is 11.5. The molecule has 2 aromatic rings. The van der Waals surface area contributed by atoms with Crippen molar-refractivity contribution in [3.63, 3.8) is 0 Å². The number of nitrogens with one attached hydrogen (secondary N) is 1. The van der Waals surface area contributed by atoms with Gasteiger partial charge in [-0.2, -0.15) is 0 Å². The Bertz CT molecular complexity index is 645. The fourth-order valence-corrected chi connectivity index (χ4v) is 2.58. The van der Waals surface area contributed by atoms with Crippen LogP contribution in [0.2, 0.25) is 0 Å². The first kappa shape index (κ1) is 16.0. The van der Waals surface area contributed by atoms with Crippen molar-refractivity contribution in [3.05, 3.63) is 40.1 Å². The van der Waals surface area contributed by atoms with Gasteiger partial charge < -0.3 is 5.32 Å². The van der Waals surface area contributed by atoms with Crippen LogP contribution in [-0.2, 0) is 5.41 Å². The van der Waals surface area contributed by atoms with Gasteiger partial charge in [0.05, 0.1) is 5.69 Å². The lowest BCUT2D eigenvalue weighted by Gasteiger charge is -2.21. The molecule has 21 heavy (non-hydrogen) atoms. The van der Waals surface area contributed by atoms with Gasteiger partial charge in [-0.25, -0.2) is 9.97 Å². The van der Waals surface area contributed by atoms with Crippen molar-refractivity contribution in [1.82, 2.24) is 9.97 Å². The summed E-state index contributed by atoms with van der Waals surface area (Å²) in [4.78, 5) is 9.55. The summed E-state index contributed by atoms with van der Waals surface area (Å²) >= 11 is 3.62. The maximum atomic E-state index is 4.84. The average Bonchev–Trinajstić information content (AvgIpc) is 2.41. The molecule has 0 aliphatic heterocycles. The molecular weight excluding hydrogens is 326 g/mol. The van der Waals surface area contributed by atoms with E-state index >= 15 is 0 Å². The Balaban J connectivity index is 2.70. The molecule has 0 saturated heterocycles. The monoisotopic (exact) mass is 347 g/mol. The summed E-state index contributed by atoms with van der Waals surface area (Å²) in [6.07, 6.45) is 0. The van der Waals surface area contributed by atoms with Crippen LogP contribution in [0.25, 0.3) is 11.3 Å². The van der Waals surface area contributed by atoms with E-state index in [9.17, 15) is 0 Å². The summed E-state index contributed by atoms with van der Waals surface area (Å²) in [5.74, 6) is 1.78. The number of nitrogens with zero attached hydrogens (tertiary/aromatic N) is 2. The third-order valence-corrected chi connectivity index (χ3v) is 3.98. The van der Waals surface area contributed by atoms with Gasteiger partial charge in [-0.15, -0.1) is 0 Å². The van der Waals surface area contributed by atoms with Crippen LogP contribution in [0.5, 0.6) is 0 Å². The van der Waals surface area contributed by atoms with E-state index < -0.39 is 0 Å². The summed E-state index contributed by atoms with van der Waals surface area (Å²) < 4.78 is 1.05. The molecule has 0 saturated carbocycles. The molecule has 2 rings (SSSR count). The van der Waals surface area contributed by atoms with Gasteiger partial charge in [-0.3, -0.25) is 0 Å². The summed E-state index contributed by atoms with van der Waals surface area (Å²) in [5.41, 5.74) is 3.07. The molecule has 1 aromatic carbocycles. The smallest absolute Gasteiger partial charge is 0.136 e. The molecule has 0 aliphatic carbocycles. The lowest BCUT2D eigenvalue weighted by atomic mass is 9.95. The van der Waals surface area contributed by atoms with Gasteiger partial charge in [0.1, 0.15) is 11.6 Å². The molecule has 0 radical (unpaired) electrons. The SMILES string of the molecule is CCNc1nc(C(C)(C)C)nc(-c2ccccc2Br)c1C. The van der Waals surface area contributed by atoms with Crippen LogP contribution in [0.1, 0.15) is 39.1 Å². The van der Waals surface area contributed by atoms with Crippen molar-refractivity contribution in [3.8, 4) is 11.3 Å². The number of hydrogen-bond donors (Lipinski definition) is 1. The van der Waals surface area contributed by atoms with Gasteiger partial charge in [0, 0.05) is 27.6 Å². The molecule has 4 heteroatoms. The predicted octanol–water partition coefficient (Wildman–Crippen LogP) is 4.94. The Morgan fingerprint density at radius 2 is 1.81 bits per heavy atom. The van der Waals surface area contributed by atoms with E-state index in [2.05, 4.69) is 61.9 Å². The average molecular weight is 348 g/mol. The summed E-state index contributed by atoms with van der Waals surface area (Å²) in [6.45, 7) is 11.4. The molecule has 0 atom stereocenters. The fraction of sp³-hybridized carbons (Fsp3) is 0.412. The topological polar surface area (TPSA) is 37.8 Å². The Labute approximate surface area is 135 Å². The van der Waals surface area contributed by atoms with E-state index in [0.717, 1.165) is 39.5 Å². The van der Waals surface area contributed by atoms with Crippen molar-refractivity contribution in [2.45, 2.75) is 40.0 Å². The number of rotatable bonds is 3. The Morgan fingerprint density at radius 1 is 1.14 bits per heavy atom. The first-order chi connectivity index (χ1) is 9.84. The molecule has 0 bridgehead atoms. The van der Waals surface area contributed by atoms with E-state index in [1.807, 2.05) is 18.2 Å². The molecule has 0 aliphatic rings. The second kappa shape index (κ2) is 6.14. The highest BCUT2D eigenvalue weighted by Gasteiger charge is 2.22. The van der Waals surface area contributed by atoms with Crippen LogP contribution < -0.4 is 5.32 Å². The minimum absolute atomic E-state index is 0.0894.